The molecule has 0 unspecified atom stereocenters. The Labute approximate surface area is 129 Å². The van der Waals surface area contributed by atoms with Crippen molar-refractivity contribution in [3.8, 4) is 16.9 Å². The molecule has 0 aromatic heterocycles. The molecule has 7 heteroatoms. The summed E-state index contributed by atoms with van der Waals surface area (Å²) in [6, 6.07) is 8.37. The molecule has 2 rings (SSSR count). The minimum atomic E-state index is -4.77. The number of benzene rings is 2. The lowest BCUT2D eigenvalue weighted by atomic mass is 10.0. The molecule has 2 aromatic rings. The Bertz CT molecular complexity index is 673. The van der Waals surface area contributed by atoms with E-state index in [-0.39, 0.29) is 17.3 Å². The molecule has 22 heavy (non-hydrogen) atoms. The van der Waals surface area contributed by atoms with Gasteiger partial charge >= 0.3 is 6.36 Å². The molecule has 0 bridgehead atoms. The normalized spacial score (nSPS) is 11.5. The number of hydrogen-bond acceptors (Lipinski definition) is 2. The van der Waals surface area contributed by atoms with Gasteiger partial charge in [0.05, 0.1) is 5.02 Å². The van der Waals surface area contributed by atoms with Crippen molar-refractivity contribution in [1.29, 1.82) is 0 Å². The smallest absolute Gasteiger partial charge is 0.405 e. The molecule has 0 saturated carbocycles. The molecule has 2 nitrogen and oxygen atoms in total. The third-order valence-corrected chi connectivity index (χ3v) is 3.21. The van der Waals surface area contributed by atoms with Gasteiger partial charge in [0.25, 0.3) is 0 Å². The fourth-order valence-electron chi connectivity index (χ4n) is 1.99. The first kappa shape index (κ1) is 16.6. The number of halogens is 5. The first-order valence-electron chi connectivity index (χ1n) is 6.29. The van der Waals surface area contributed by atoms with Crippen LogP contribution in [-0.2, 0) is 6.54 Å². The second-order valence-corrected chi connectivity index (χ2v) is 4.94. The average molecular weight is 334 g/mol. The quantitative estimate of drug-likeness (QED) is 0.814. The van der Waals surface area contributed by atoms with Crippen molar-refractivity contribution >= 4 is 11.6 Å². The van der Waals surface area contributed by atoms with Gasteiger partial charge in [-0.15, -0.1) is 13.2 Å². The summed E-state index contributed by atoms with van der Waals surface area (Å²) in [6.07, 6.45) is -4.77. The largest absolute Gasteiger partial charge is 0.573 e. The van der Waals surface area contributed by atoms with Crippen LogP contribution in [0.15, 0.2) is 36.4 Å². The van der Waals surface area contributed by atoms with Gasteiger partial charge in [-0.2, -0.15) is 0 Å². The van der Waals surface area contributed by atoms with Crippen LogP contribution in [0.2, 0.25) is 5.02 Å². The second kappa shape index (κ2) is 6.54. The molecule has 2 aromatic carbocycles. The van der Waals surface area contributed by atoms with Crippen LogP contribution in [0.25, 0.3) is 11.1 Å². The average Bonchev–Trinajstić information content (AvgIpc) is 2.42. The predicted octanol–water partition coefficient (Wildman–Crippen LogP) is 4.76. The van der Waals surface area contributed by atoms with E-state index in [1.54, 1.807) is 13.1 Å². The number of ether oxygens (including phenoxy) is 1. The molecule has 0 spiro atoms. The maximum absolute atomic E-state index is 13.5. The van der Waals surface area contributed by atoms with E-state index in [9.17, 15) is 17.6 Å². The summed E-state index contributed by atoms with van der Waals surface area (Å²) in [5.74, 6) is -0.884. The van der Waals surface area contributed by atoms with E-state index in [4.69, 9.17) is 11.6 Å². The Morgan fingerprint density at radius 3 is 2.32 bits per heavy atom. The summed E-state index contributed by atoms with van der Waals surface area (Å²) in [7, 11) is 1.60. The minimum Gasteiger partial charge on any atom is -0.405 e. The highest BCUT2D eigenvalue weighted by Gasteiger charge is 2.32. The van der Waals surface area contributed by atoms with Crippen molar-refractivity contribution in [2.75, 3.05) is 7.05 Å². The molecule has 0 atom stereocenters. The molecule has 0 aliphatic heterocycles. The molecule has 1 N–H and O–H groups in total. The van der Waals surface area contributed by atoms with Crippen LogP contribution < -0.4 is 10.1 Å². The van der Waals surface area contributed by atoms with Crippen molar-refractivity contribution < 1.29 is 22.3 Å². The highest BCUT2D eigenvalue weighted by molar-refractivity contribution is 6.30. The lowest BCUT2D eigenvalue weighted by molar-refractivity contribution is -0.274. The molecule has 0 saturated heterocycles. The highest BCUT2D eigenvalue weighted by atomic mass is 35.5. The summed E-state index contributed by atoms with van der Waals surface area (Å²) in [6.45, 7) is 0.176. The van der Waals surface area contributed by atoms with Gasteiger partial charge in [-0.25, -0.2) is 4.39 Å². The van der Waals surface area contributed by atoms with E-state index in [0.717, 1.165) is 0 Å². The zero-order valence-corrected chi connectivity index (χ0v) is 12.2. The Balaban J connectivity index is 2.41. The number of alkyl halides is 3. The van der Waals surface area contributed by atoms with Gasteiger partial charge in [0, 0.05) is 12.1 Å². The summed E-state index contributed by atoms with van der Waals surface area (Å²) < 4.78 is 54.6. The van der Waals surface area contributed by atoms with E-state index in [0.29, 0.717) is 16.7 Å². The van der Waals surface area contributed by atoms with Crippen LogP contribution in [0.5, 0.6) is 5.75 Å². The third-order valence-electron chi connectivity index (χ3n) is 2.91. The maximum atomic E-state index is 13.5. The zero-order chi connectivity index (χ0) is 16.3. The minimum absolute atomic E-state index is 0.0174. The molecule has 0 aliphatic carbocycles. The molecule has 0 heterocycles. The lowest BCUT2D eigenvalue weighted by Gasteiger charge is -2.14. The van der Waals surface area contributed by atoms with E-state index >= 15 is 0 Å². The molecular formula is C15H12ClF4NO. The number of rotatable bonds is 4. The van der Waals surface area contributed by atoms with Gasteiger partial charge in [0.2, 0.25) is 0 Å². The number of hydrogen-bond donors (Lipinski definition) is 1. The SMILES string of the molecule is CNCc1cc(-c2ccc(Cl)c(F)c2)ccc1OC(F)(F)F. The van der Waals surface area contributed by atoms with Crippen LogP contribution in [0, 0.1) is 5.82 Å². The van der Waals surface area contributed by atoms with Gasteiger partial charge in [-0.3, -0.25) is 0 Å². The Kier molecular flexibility index (Phi) is 4.93. The summed E-state index contributed by atoms with van der Waals surface area (Å²) in [5, 5.41) is 2.75. The molecule has 0 aliphatic rings. The Hall–Kier alpha value is -1.79. The van der Waals surface area contributed by atoms with Crippen molar-refractivity contribution in [1.82, 2.24) is 5.32 Å². The van der Waals surface area contributed by atoms with Gasteiger partial charge in [-0.05, 0) is 42.4 Å². The van der Waals surface area contributed by atoms with Crippen molar-refractivity contribution in [2.45, 2.75) is 12.9 Å². The predicted molar refractivity (Wildman–Crippen MR) is 76.3 cm³/mol. The van der Waals surface area contributed by atoms with Crippen molar-refractivity contribution in [2.24, 2.45) is 0 Å². The van der Waals surface area contributed by atoms with Crippen LogP contribution in [0.1, 0.15) is 5.56 Å². The maximum Gasteiger partial charge on any atom is 0.573 e. The molecule has 0 amide bonds. The van der Waals surface area contributed by atoms with E-state index in [1.807, 2.05) is 0 Å². The van der Waals surface area contributed by atoms with Crippen LogP contribution in [-0.4, -0.2) is 13.4 Å². The Morgan fingerprint density at radius 2 is 1.73 bits per heavy atom. The van der Waals surface area contributed by atoms with Gasteiger partial charge < -0.3 is 10.1 Å². The second-order valence-electron chi connectivity index (χ2n) is 4.53. The lowest BCUT2D eigenvalue weighted by Crippen LogP contribution is -2.19. The van der Waals surface area contributed by atoms with Crippen LogP contribution >= 0.6 is 11.6 Å². The zero-order valence-electron chi connectivity index (χ0n) is 11.5. The van der Waals surface area contributed by atoms with Crippen molar-refractivity contribution in [3.63, 3.8) is 0 Å². The van der Waals surface area contributed by atoms with E-state index < -0.39 is 12.2 Å². The van der Waals surface area contributed by atoms with Crippen LogP contribution in [0.4, 0.5) is 17.6 Å². The Morgan fingerprint density at radius 1 is 1.09 bits per heavy atom. The molecular weight excluding hydrogens is 322 g/mol. The van der Waals surface area contributed by atoms with Gasteiger partial charge in [-0.1, -0.05) is 23.7 Å². The monoisotopic (exact) mass is 333 g/mol. The molecule has 118 valence electrons. The first-order valence-corrected chi connectivity index (χ1v) is 6.66. The topological polar surface area (TPSA) is 21.3 Å². The van der Waals surface area contributed by atoms with E-state index in [1.165, 1.54) is 30.3 Å². The summed E-state index contributed by atoms with van der Waals surface area (Å²) in [5.41, 5.74) is 1.39. The van der Waals surface area contributed by atoms with E-state index in [2.05, 4.69) is 10.1 Å². The summed E-state index contributed by atoms with van der Waals surface area (Å²) >= 11 is 5.62. The highest BCUT2D eigenvalue weighted by Crippen LogP contribution is 2.31. The fraction of sp³-hybridized carbons (Fsp3) is 0.200. The summed E-state index contributed by atoms with van der Waals surface area (Å²) in [4.78, 5) is 0. The van der Waals surface area contributed by atoms with Gasteiger partial charge in [0.1, 0.15) is 11.6 Å². The van der Waals surface area contributed by atoms with Gasteiger partial charge in [0.15, 0.2) is 0 Å². The molecule has 0 fully saturated rings. The van der Waals surface area contributed by atoms with Crippen molar-refractivity contribution in [3.05, 3.63) is 52.8 Å². The fourth-order valence-corrected chi connectivity index (χ4v) is 2.11. The third kappa shape index (κ3) is 4.11. The molecule has 0 radical (unpaired) electrons. The van der Waals surface area contributed by atoms with Crippen LogP contribution in [0.3, 0.4) is 0 Å². The standard InChI is InChI=1S/C15H12ClF4NO/c1-21-8-11-6-9(3-5-14(11)22-15(18,19)20)10-2-4-12(16)13(17)7-10/h2-7,21H,8H2,1H3. The first-order chi connectivity index (χ1) is 10.3. The number of nitrogens with one attached hydrogen (secondary N) is 1.